The molecule has 1 aromatic carbocycles. The number of amides is 2. The Bertz CT molecular complexity index is 1010. The fourth-order valence-electron chi connectivity index (χ4n) is 3.72. The van der Waals surface area contributed by atoms with Gasteiger partial charge in [-0.3, -0.25) is 9.59 Å². The molecular weight excluding hydrogens is 410 g/mol. The van der Waals surface area contributed by atoms with E-state index in [1.165, 1.54) is 0 Å². The summed E-state index contributed by atoms with van der Waals surface area (Å²) in [6.45, 7) is 6.57. The van der Waals surface area contributed by atoms with Crippen molar-refractivity contribution < 1.29 is 9.59 Å². The Morgan fingerprint density at radius 1 is 1.06 bits per heavy atom. The molecule has 1 N–H and O–H groups in total. The third kappa shape index (κ3) is 5.02. The van der Waals surface area contributed by atoms with E-state index in [1.54, 1.807) is 17.5 Å². The predicted octanol–water partition coefficient (Wildman–Crippen LogP) is 3.24. The van der Waals surface area contributed by atoms with Gasteiger partial charge in [-0.1, -0.05) is 55.5 Å². The Labute approximate surface area is 186 Å². The minimum absolute atomic E-state index is 0.0612. The number of rotatable bonds is 6. The molecule has 0 bridgehead atoms. The summed E-state index contributed by atoms with van der Waals surface area (Å²) in [6, 6.07) is 12.7. The van der Waals surface area contributed by atoms with Crippen LogP contribution in [0.3, 0.4) is 0 Å². The van der Waals surface area contributed by atoms with E-state index in [2.05, 4.69) is 20.2 Å². The lowest BCUT2D eigenvalue weighted by atomic mass is 10.0. The number of benzene rings is 1. The van der Waals surface area contributed by atoms with Crippen molar-refractivity contribution in [3.63, 3.8) is 0 Å². The van der Waals surface area contributed by atoms with Gasteiger partial charge in [-0.25, -0.2) is 9.97 Å². The van der Waals surface area contributed by atoms with Crippen LogP contribution in [0.15, 0.2) is 48.7 Å². The summed E-state index contributed by atoms with van der Waals surface area (Å²) in [4.78, 5) is 39.8. The molecule has 2 amide bonds. The van der Waals surface area contributed by atoms with Crippen molar-refractivity contribution in [1.82, 2.24) is 20.2 Å². The molecule has 1 aliphatic rings. The van der Waals surface area contributed by atoms with E-state index in [-0.39, 0.29) is 17.7 Å². The number of hydrogen-bond acceptors (Lipinski definition) is 6. The standard InChI is InChI=1S/C23H27N5O2S/c1-16(2)15-19(29)26-20(17-7-4-3-5-8-17)22(30)27-11-13-28(14-12-27)23-25-18-9-6-10-24-21(18)31-23/h3-10,16,20H,11-15H2,1-2H3,(H,26,29). The molecule has 162 valence electrons. The third-order valence-corrected chi connectivity index (χ3v) is 6.34. The first-order chi connectivity index (χ1) is 15.0. The Morgan fingerprint density at radius 2 is 1.81 bits per heavy atom. The first-order valence-corrected chi connectivity index (χ1v) is 11.4. The molecule has 1 fully saturated rings. The van der Waals surface area contributed by atoms with Gasteiger partial charge in [0.05, 0.1) is 0 Å². The molecule has 2 aromatic heterocycles. The molecule has 1 unspecified atom stereocenters. The Morgan fingerprint density at radius 3 is 2.48 bits per heavy atom. The van der Waals surface area contributed by atoms with Crippen LogP contribution in [0.25, 0.3) is 10.3 Å². The van der Waals surface area contributed by atoms with Gasteiger partial charge in [0.25, 0.3) is 0 Å². The highest BCUT2D eigenvalue weighted by Crippen LogP contribution is 2.28. The summed E-state index contributed by atoms with van der Waals surface area (Å²) in [6.07, 6.45) is 2.17. The molecule has 3 aromatic rings. The van der Waals surface area contributed by atoms with Gasteiger partial charge in [0.15, 0.2) is 5.13 Å². The highest BCUT2D eigenvalue weighted by atomic mass is 32.1. The van der Waals surface area contributed by atoms with E-state index >= 15 is 0 Å². The quantitative estimate of drug-likeness (QED) is 0.641. The van der Waals surface area contributed by atoms with Crippen molar-refractivity contribution in [2.75, 3.05) is 31.1 Å². The van der Waals surface area contributed by atoms with Crippen LogP contribution >= 0.6 is 11.3 Å². The molecule has 3 heterocycles. The maximum Gasteiger partial charge on any atom is 0.249 e. The van der Waals surface area contributed by atoms with E-state index in [4.69, 9.17) is 0 Å². The van der Waals surface area contributed by atoms with Crippen LogP contribution in [0.1, 0.15) is 31.9 Å². The molecular formula is C23H27N5O2S. The molecule has 7 nitrogen and oxygen atoms in total. The van der Waals surface area contributed by atoms with Crippen LogP contribution in [0.2, 0.25) is 0 Å². The SMILES string of the molecule is CC(C)CC(=O)NC(C(=O)N1CCN(c2nc3cccnc3s2)CC1)c1ccccc1. The third-order valence-electron chi connectivity index (χ3n) is 5.30. The second-order valence-electron chi connectivity index (χ2n) is 8.15. The topological polar surface area (TPSA) is 78.4 Å². The highest BCUT2D eigenvalue weighted by molar-refractivity contribution is 7.21. The Kier molecular flexibility index (Phi) is 6.46. The summed E-state index contributed by atoms with van der Waals surface area (Å²) in [5.41, 5.74) is 1.71. The maximum absolute atomic E-state index is 13.4. The molecule has 1 aliphatic heterocycles. The van der Waals surface area contributed by atoms with Gasteiger partial charge in [0.2, 0.25) is 11.8 Å². The predicted molar refractivity (Wildman–Crippen MR) is 123 cm³/mol. The number of nitrogens with one attached hydrogen (secondary N) is 1. The first kappa shape index (κ1) is 21.2. The number of aromatic nitrogens is 2. The van der Waals surface area contributed by atoms with Crippen LogP contribution in [0.4, 0.5) is 5.13 Å². The molecule has 0 radical (unpaired) electrons. The average molecular weight is 438 g/mol. The van der Waals surface area contributed by atoms with Crippen LogP contribution in [-0.4, -0.2) is 52.9 Å². The summed E-state index contributed by atoms with van der Waals surface area (Å²) in [5.74, 6) is 0.0742. The summed E-state index contributed by atoms with van der Waals surface area (Å²) in [7, 11) is 0. The van der Waals surface area contributed by atoms with Crippen molar-refractivity contribution in [1.29, 1.82) is 0 Å². The number of pyridine rings is 1. The molecule has 4 rings (SSSR count). The van der Waals surface area contributed by atoms with Crippen molar-refractivity contribution in [2.45, 2.75) is 26.3 Å². The fraction of sp³-hybridized carbons (Fsp3) is 0.391. The van der Waals surface area contributed by atoms with E-state index in [1.807, 2.05) is 61.2 Å². The molecule has 31 heavy (non-hydrogen) atoms. The lowest BCUT2D eigenvalue weighted by molar-refractivity contribution is -0.137. The van der Waals surface area contributed by atoms with Crippen LogP contribution in [0.5, 0.6) is 0 Å². The van der Waals surface area contributed by atoms with Crippen molar-refractivity contribution in [2.24, 2.45) is 5.92 Å². The van der Waals surface area contributed by atoms with E-state index < -0.39 is 6.04 Å². The molecule has 1 saturated heterocycles. The lowest BCUT2D eigenvalue weighted by Gasteiger charge is -2.36. The molecule has 0 spiro atoms. The summed E-state index contributed by atoms with van der Waals surface area (Å²) in [5, 5.41) is 3.90. The Balaban J connectivity index is 1.44. The monoisotopic (exact) mass is 437 g/mol. The number of carbonyl (C=O) groups is 2. The minimum Gasteiger partial charge on any atom is -0.344 e. The van der Waals surface area contributed by atoms with E-state index in [0.717, 1.165) is 21.0 Å². The number of thiazole rings is 1. The van der Waals surface area contributed by atoms with Crippen LogP contribution in [-0.2, 0) is 9.59 Å². The van der Waals surface area contributed by atoms with Crippen molar-refractivity contribution in [3.05, 3.63) is 54.2 Å². The normalized spacial score (nSPS) is 15.3. The average Bonchev–Trinajstić information content (AvgIpc) is 3.22. The van der Waals surface area contributed by atoms with E-state index in [0.29, 0.717) is 32.6 Å². The number of anilines is 1. The van der Waals surface area contributed by atoms with Crippen molar-refractivity contribution in [3.8, 4) is 0 Å². The zero-order valence-electron chi connectivity index (χ0n) is 17.8. The number of piperazine rings is 1. The lowest BCUT2D eigenvalue weighted by Crippen LogP contribution is -2.52. The summed E-state index contributed by atoms with van der Waals surface area (Å²) < 4.78 is 0. The maximum atomic E-state index is 13.4. The second-order valence-corrected chi connectivity index (χ2v) is 9.10. The second kappa shape index (κ2) is 9.43. The number of nitrogens with zero attached hydrogens (tertiary/aromatic N) is 4. The van der Waals surface area contributed by atoms with Crippen LogP contribution < -0.4 is 10.2 Å². The highest BCUT2D eigenvalue weighted by Gasteiger charge is 2.30. The first-order valence-electron chi connectivity index (χ1n) is 10.6. The van der Waals surface area contributed by atoms with Crippen LogP contribution in [0, 0.1) is 5.92 Å². The van der Waals surface area contributed by atoms with Gasteiger partial charge in [-0.05, 0) is 23.6 Å². The molecule has 8 heteroatoms. The fourth-order valence-corrected chi connectivity index (χ4v) is 4.68. The van der Waals surface area contributed by atoms with Gasteiger partial charge in [-0.15, -0.1) is 0 Å². The Hall–Kier alpha value is -3.00. The number of fused-ring (bicyclic) bond motifs is 1. The van der Waals surface area contributed by atoms with Gasteiger partial charge in [0, 0.05) is 38.8 Å². The van der Waals surface area contributed by atoms with E-state index in [9.17, 15) is 9.59 Å². The summed E-state index contributed by atoms with van der Waals surface area (Å²) >= 11 is 1.57. The number of carbonyl (C=O) groups excluding carboxylic acids is 2. The zero-order valence-corrected chi connectivity index (χ0v) is 18.6. The van der Waals surface area contributed by atoms with Gasteiger partial charge in [0.1, 0.15) is 16.4 Å². The molecule has 0 aliphatic carbocycles. The van der Waals surface area contributed by atoms with Gasteiger partial charge in [-0.2, -0.15) is 0 Å². The largest absolute Gasteiger partial charge is 0.344 e. The zero-order chi connectivity index (χ0) is 21.8. The van der Waals surface area contributed by atoms with Gasteiger partial charge < -0.3 is 15.1 Å². The van der Waals surface area contributed by atoms with Crippen molar-refractivity contribution >= 4 is 38.6 Å². The molecule has 0 saturated carbocycles. The number of hydrogen-bond donors (Lipinski definition) is 1. The smallest absolute Gasteiger partial charge is 0.249 e. The minimum atomic E-state index is -0.661. The van der Waals surface area contributed by atoms with Gasteiger partial charge >= 0.3 is 0 Å². The molecule has 1 atom stereocenters.